The number of carbonyl (C=O) groups excluding carboxylic acids is 1. The molecule has 124 valence electrons. The molecule has 2 aromatic rings. The number of benzene rings is 2. The summed E-state index contributed by atoms with van der Waals surface area (Å²) in [6.07, 6.45) is 0. The molecule has 0 radical (unpaired) electrons. The summed E-state index contributed by atoms with van der Waals surface area (Å²) in [5, 5.41) is 12.1. The minimum atomic E-state index is -0.100. The zero-order chi connectivity index (χ0) is 17.0. The number of hydrogen-bond acceptors (Lipinski definition) is 6. The number of ether oxygens (including phenoxy) is 2. The lowest BCUT2D eigenvalue weighted by Gasteiger charge is -2.33. The Morgan fingerprint density at radius 1 is 1.00 bits per heavy atom. The van der Waals surface area contributed by atoms with Gasteiger partial charge in [-0.1, -0.05) is 24.3 Å². The number of hydrazone groups is 2. The van der Waals surface area contributed by atoms with Crippen molar-refractivity contribution >= 4 is 17.5 Å². The van der Waals surface area contributed by atoms with Gasteiger partial charge in [0.1, 0.15) is 6.54 Å². The van der Waals surface area contributed by atoms with Crippen LogP contribution in [-0.2, 0) is 4.79 Å². The smallest absolute Gasteiger partial charge is 0.264 e. The van der Waals surface area contributed by atoms with Crippen molar-refractivity contribution in [2.45, 2.75) is 0 Å². The van der Waals surface area contributed by atoms with Gasteiger partial charge in [-0.3, -0.25) is 4.79 Å². The summed E-state index contributed by atoms with van der Waals surface area (Å²) in [5.41, 5.74) is 3.61. The summed E-state index contributed by atoms with van der Waals surface area (Å²) >= 11 is 0. The van der Waals surface area contributed by atoms with Gasteiger partial charge in [0, 0.05) is 23.7 Å². The van der Waals surface area contributed by atoms with Crippen LogP contribution in [0.4, 0.5) is 0 Å². The van der Waals surface area contributed by atoms with Crippen LogP contribution in [0.25, 0.3) is 0 Å². The fourth-order valence-electron chi connectivity index (χ4n) is 3.15. The number of likely N-dealkylation sites (N-methyl/N-ethyl adjacent to an activating group) is 1. The van der Waals surface area contributed by atoms with Crippen molar-refractivity contribution in [1.29, 1.82) is 0 Å². The van der Waals surface area contributed by atoms with Gasteiger partial charge in [0.25, 0.3) is 5.91 Å². The molecule has 3 aliphatic rings. The normalized spacial score (nSPS) is 17.7. The monoisotopic (exact) mass is 334 g/mol. The lowest BCUT2D eigenvalue weighted by Crippen LogP contribution is -2.46. The van der Waals surface area contributed by atoms with Gasteiger partial charge in [-0.25, -0.2) is 10.0 Å². The second-order valence-electron chi connectivity index (χ2n) is 5.96. The predicted octanol–water partition coefficient (Wildman–Crippen LogP) is 1.62. The van der Waals surface area contributed by atoms with E-state index in [1.54, 1.807) is 12.1 Å². The fraction of sp³-hybridized carbons (Fsp3) is 0.167. The highest BCUT2D eigenvalue weighted by molar-refractivity contribution is 6.22. The van der Waals surface area contributed by atoms with Crippen LogP contribution in [0, 0.1) is 0 Å². The van der Waals surface area contributed by atoms with Gasteiger partial charge in [0.05, 0.1) is 5.71 Å². The number of carbonyl (C=O) groups is 1. The Bertz CT molecular complexity index is 967. The maximum Gasteiger partial charge on any atom is 0.264 e. The van der Waals surface area contributed by atoms with Gasteiger partial charge < -0.3 is 9.47 Å². The maximum absolute atomic E-state index is 12.0. The van der Waals surface area contributed by atoms with E-state index in [1.165, 1.54) is 5.01 Å². The standard InChI is InChI=1S/C18H14N4O3/c1-21-16(23)9-22-18(20-21)13-5-3-2-4-12(13)17(19-22)11-6-7-14-15(8-11)25-10-24-14/h2-8H,9-10H2,1H3. The minimum Gasteiger partial charge on any atom is -0.454 e. The summed E-state index contributed by atoms with van der Waals surface area (Å²) in [7, 11) is 1.66. The first-order valence-electron chi connectivity index (χ1n) is 7.92. The molecule has 7 heteroatoms. The Hall–Kier alpha value is -3.35. The van der Waals surface area contributed by atoms with E-state index in [-0.39, 0.29) is 19.2 Å². The molecule has 1 amide bonds. The molecule has 25 heavy (non-hydrogen) atoms. The van der Waals surface area contributed by atoms with E-state index in [0.29, 0.717) is 11.6 Å². The molecule has 2 aromatic carbocycles. The average molecular weight is 334 g/mol. The first-order valence-corrected chi connectivity index (χ1v) is 7.92. The molecule has 0 unspecified atom stereocenters. The Balaban J connectivity index is 1.69. The molecule has 0 aliphatic carbocycles. The number of nitrogens with zero attached hydrogens (tertiary/aromatic N) is 4. The van der Waals surface area contributed by atoms with Crippen molar-refractivity contribution < 1.29 is 14.3 Å². The average Bonchev–Trinajstić information content (AvgIpc) is 3.10. The van der Waals surface area contributed by atoms with Crippen molar-refractivity contribution in [3.63, 3.8) is 0 Å². The third kappa shape index (κ3) is 2.09. The zero-order valence-electron chi connectivity index (χ0n) is 13.5. The summed E-state index contributed by atoms with van der Waals surface area (Å²) in [6, 6.07) is 13.7. The molecule has 0 saturated heterocycles. The van der Waals surface area contributed by atoms with E-state index in [9.17, 15) is 4.79 Å². The third-order valence-corrected chi connectivity index (χ3v) is 4.42. The molecule has 3 heterocycles. The van der Waals surface area contributed by atoms with E-state index in [0.717, 1.165) is 28.2 Å². The van der Waals surface area contributed by atoms with E-state index in [2.05, 4.69) is 5.10 Å². The Labute approximate surface area is 143 Å². The quantitative estimate of drug-likeness (QED) is 0.795. The van der Waals surface area contributed by atoms with Gasteiger partial charge in [0.15, 0.2) is 17.3 Å². The van der Waals surface area contributed by atoms with Crippen molar-refractivity contribution in [3.8, 4) is 11.5 Å². The molecule has 0 N–H and O–H groups in total. The topological polar surface area (TPSA) is 66.7 Å². The van der Waals surface area contributed by atoms with Crippen molar-refractivity contribution in [2.24, 2.45) is 10.2 Å². The second-order valence-corrected chi connectivity index (χ2v) is 5.96. The largest absolute Gasteiger partial charge is 0.454 e. The molecule has 0 spiro atoms. The lowest BCUT2D eigenvalue weighted by molar-refractivity contribution is -0.131. The van der Waals surface area contributed by atoms with Gasteiger partial charge in [-0.05, 0) is 18.2 Å². The van der Waals surface area contributed by atoms with Crippen LogP contribution in [0.15, 0.2) is 52.7 Å². The van der Waals surface area contributed by atoms with Crippen LogP contribution < -0.4 is 9.47 Å². The third-order valence-electron chi connectivity index (χ3n) is 4.42. The Morgan fingerprint density at radius 2 is 1.80 bits per heavy atom. The Morgan fingerprint density at radius 3 is 2.68 bits per heavy atom. The molecular weight excluding hydrogens is 320 g/mol. The summed E-state index contributed by atoms with van der Waals surface area (Å²) in [6.45, 7) is 0.392. The predicted molar refractivity (Wildman–Crippen MR) is 90.7 cm³/mol. The van der Waals surface area contributed by atoms with Gasteiger partial charge in [0.2, 0.25) is 6.79 Å². The van der Waals surface area contributed by atoms with Crippen LogP contribution in [0.3, 0.4) is 0 Å². The highest BCUT2D eigenvalue weighted by Crippen LogP contribution is 2.34. The van der Waals surface area contributed by atoms with E-state index < -0.39 is 0 Å². The molecule has 7 nitrogen and oxygen atoms in total. The molecule has 5 rings (SSSR count). The van der Waals surface area contributed by atoms with Crippen LogP contribution in [0.5, 0.6) is 11.5 Å². The molecule has 0 bridgehead atoms. The lowest BCUT2D eigenvalue weighted by atomic mass is 9.95. The van der Waals surface area contributed by atoms with Gasteiger partial charge in [-0.15, -0.1) is 5.10 Å². The van der Waals surface area contributed by atoms with Crippen LogP contribution in [-0.4, -0.2) is 47.9 Å². The molecule has 0 fully saturated rings. The van der Waals surface area contributed by atoms with Crippen LogP contribution >= 0.6 is 0 Å². The van der Waals surface area contributed by atoms with Gasteiger partial charge in [-0.2, -0.15) is 5.10 Å². The van der Waals surface area contributed by atoms with Crippen molar-refractivity contribution in [1.82, 2.24) is 10.0 Å². The molecule has 3 aliphatic heterocycles. The highest BCUT2D eigenvalue weighted by Gasteiger charge is 2.32. The van der Waals surface area contributed by atoms with E-state index >= 15 is 0 Å². The number of amidine groups is 1. The fourth-order valence-corrected chi connectivity index (χ4v) is 3.15. The zero-order valence-corrected chi connectivity index (χ0v) is 13.5. The van der Waals surface area contributed by atoms with E-state index in [1.807, 2.05) is 42.5 Å². The second kappa shape index (κ2) is 5.07. The Kier molecular flexibility index (Phi) is 2.85. The molecule has 0 aromatic heterocycles. The number of hydrogen-bond donors (Lipinski definition) is 0. The van der Waals surface area contributed by atoms with Crippen molar-refractivity contribution in [3.05, 3.63) is 59.2 Å². The van der Waals surface area contributed by atoms with Crippen LogP contribution in [0.2, 0.25) is 0 Å². The van der Waals surface area contributed by atoms with Crippen molar-refractivity contribution in [2.75, 3.05) is 20.4 Å². The maximum atomic E-state index is 12.0. The minimum absolute atomic E-state index is 0.100. The summed E-state index contributed by atoms with van der Waals surface area (Å²) in [5.74, 6) is 2.01. The molecule has 0 atom stereocenters. The van der Waals surface area contributed by atoms with E-state index in [4.69, 9.17) is 14.6 Å². The first kappa shape index (κ1) is 14.0. The highest BCUT2D eigenvalue weighted by atomic mass is 16.7. The SMILES string of the molecule is CN1N=C2c3ccccc3C(c3ccc4c(c3)OCO4)=NN2CC1=O. The molecular formula is C18H14N4O3. The summed E-state index contributed by atoms with van der Waals surface area (Å²) in [4.78, 5) is 12.0. The number of fused-ring (bicyclic) bond motifs is 4. The molecule has 0 saturated carbocycles. The van der Waals surface area contributed by atoms with Crippen LogP contribution in [0.1, 0.15) is 16.7 Å². The summed E-state index contributed by atoms with van der Waals surface area (Å²) < 4.78 is 10.9. The first-order chi connectivity index (χ1) is 12.2. The number of rotatable bonds is 1. The van der Waals surface area contributed by atoms with Gasteiger partial charge >= 0.3 is 0 Å². The number of amides is 1.